The highest BCUT2D eigenvalue weighted by Crippen LogP contribution is 2.28. The highest BCUT2D eigenvalue weighted by molar-refractivity contribution is 5.72. The van der Waals surface area contributed by atoms with Crippen molar-refractivity contribution in [3.8, 4) is 11.3 Å². The molecule has 1 aliphatic rings. The molecule has 2 aromatic rings. The van der Waals surface area contributed by atoms with Crippen LogP contribution in [0.25, 0.3) is 11.3 Å². The van der Waals surface area contributed by atoms with Crippen LogP contribution in [0.15, 0.2) is 30.6 Å². The van der Waals surface area contributed by atoms with Crippen molar-refractivity contribution in [1.29, 1.82) is 0 Å². The van der Waals surface area contributed by atoms with Crippen molar-refractivity contribution in [2.24, 2.45) is 5.73 Å². The zero-order chi connectivity index (χ0) is 17.5. The normalized spacial score (nSPS) is 20.2. The molecule has 1 fully saturated rings. The van der Waals surface area contributed by atoms with Crippen LogP contribution in [0.4, 0.5) is 11.8 Å². The van der Waals surface area contributed by atoms with E-state index in [2.05, 4.69) is 27.5 Å². The second-order valence-electron chi connectivity index (χ2n) is 6.71. The fourth-order valence-corrected chi connectivity index (χ4v) is 3.12. The van der Waals surface area contributed by atoms with Gasteiger partial charge in [0.25, 0.3) is 0 Å². The molecular weight excluding hydrogens is 312 g/mol. The van der Waals surface area contributed by atoms with Gasteiger partial charge < -0.3 is 16.4 Å². The Morgan fingerprint density at radius 2 is 2.00 bits per heavy atom. The van der Waals surface area contributed by atoms with Crippen molar-refractivity contribution < 1.29 is 0 Å². The van der Waals surface area contributed by atoms with Crippen molar-refractivity contribution in [3.63, 3.8) is 0 Å². The summed E-state index contributed by atoms with van der Waals surface area (Å²) in [6, 6.07) is 6.63. The minimum Gasteiger partial charge on any atom is -0.367 e. The predicted octanol–water partition coefficient (Wildman–Crippen LogP) is 3.43. The Kier molecular flexibility index (Phi) is 6.17. The maximum absolute atomic E-state index is 6.03. The van der Waals surface area contributed by atoms with Crippen LogP contribution in [-0.2, 0) is 0 Å². The lowest BCUT2D eigenvalue weighted by Crippen LogP contribution is -2.33. The Bertz CT molecular complexity index is 652. The molecule has 134 valence electrons. The van der Waals surface area contributed by atoms with Gasteiger partial charge in [0.1, 0.15) is 5.82 Å². The number of rotatable bonds is 7. The van der Waals surface area contributed by atoms with E-state index < -0.39 is 0 Å². The van der Waals surface area contributed by atoms with Crippen LogP contribution < -0.4 is 16.4 Å². The molecule has 0 spiro atoms. The van der Waals surface area contributed by atoms with Crippen molar-refractivity contribution in [1.82, 2.24) is 15.0 Å². The topological polar surface area (TPSA) is 88.8 Å². The molecule has 1 saturated carbocycles. The summed E-state index contributed by atoms with van der Waals surface area (Å²) in [4.78, 5) is 13.7. The van der Waals surface area contributed by atoms with E-state index in [-0.39, 0.29) is 0 Å². The van der Waals surface area contributed by atoms with Crippen LogP contribution in [0.2, 0.25) is 0 Å². The van der Waals surface area contributed by atoms with Crippen LogP contribution in [-0.4, -0.2) is 33.6 Å². The van der Waals surface area contributed by atoms with Gasteiger partial charge in [0, 0.05) is 31.0 Å². The summed E-state index contributed by atoms with van der Waals surface area (Å²) in [6.45, 7) is 3.06. The summed E-state index contributed by atoms with van der Waals surface area (Å²) < 4.78 is 0. The SMILES string of the molecule is CCCCNc1ncc(-c2ccccn2)c(N[C@H]2CC[C@H](N)CC2)n1. The quantitative estimate of drug-likeness (QED) is 0.669. The molecular formula is C19H28N6. The first-order valence-corrected chi connectivity index (χ1v) is 9.30. The molecule has 0 atom stereocenters. The van der Waals surface area contributed by atoms with Crippen molar-refractivity contribution >= 4 is 11.8 Å². The van der Waals surface area contributed by atoms with E-state index in [1.807, 2.05) is 24.4 Å². The van der Waals surface area contributed by atoms with Crippen LogP contribution in [0.3, 0.4) is 0 Å². The average Bonchev–Trinajstić information content (AvgIpc) is 2.65. The summed E-state index contributed by atoms with van der Waals surface area (Å²) in [5.41, 5.74) is 7.86. The largest absolute Gasteiger partial charge is 0.367 e. The number of unbranched alkanes of at least 4 members (excludes halogenated alkanes) is 1. The lowest BCUT2D eigenvalue weighted by Gasteiger charge is -2.28. The molecule has 25 heavy (non-hydrogen) atoms. The Morgan fingerprint density at radius 3 is 2.72 bits per heavy atom. The molecule has 6 heteroatoms. The van der Waals surface area contributed by atoms with Crippen LogP contribution in [0, 0.1) is 0 Å². The van der Waals surface area contributed by atoms with Gasteiger partial charge in [-0.15, -0.1) is 0 Å². The lowest BCUT2D eigenvalue weighted by molar-refractivity contribution is 0.410. The number of nitrogens with two attached hydrogens (primary N) is 1. The fourth-order valence-electron chi connectivity index (χ4n) is 3.12. The van der Waals surface area contributed by atoms with Gasteiger partial charge in [0.05, 0.1) is 11.3 Å². The van der Waals surface area contributed by atoms with Gasteiger partial charge in [-0.1, -0.05) is 19.4 Å². The van der Waals surface area contributed by atoms with E-state index in [4.69, 9.17) is 10.7 Å². The number of hydrogen-bond donors (Lipinski definition) is 3. The van der Waals surface area contributed by atoms with E-state index in [0.717, 1.165) is 62.1 Å². The van der Waals surface area contributed by atoms with Crippen LogP contribution in [0.5, 0.6) is 0 Å². The second-order valence-corrected chi connectivity index (χ2v) is 6.71. The smallest absolute Gasteiger partial charge is 0.224 e. The molecule has 0 unspecified atom stereocenters. The number of nitrogens with one attached hydrogen (secondary N) is 2. The Morgan fingerprint density at radius 1 is 1.16 bits per heavy atom. The minimum absolute atomic E-state index is 0.338. The van der Waals surface area contributed by atoms with Gasteiger partial charge in [0.2, 0.25) is 5.95 Å². The number of anilines is 2. The zero-order valence-corrected chi connectivity index (χ0v) is 14.9. The van der Waals surface area contributed by atoms with Crippen LogP contribution in [0.1, 0.15) is 45.4 Å². The monoisotopic (exact) mass is 340 g/mol. The summed E-state index contributed by atoms with van der Waals surface area (Å²) in [5.74, 6) is 1.52. The number of nitrogens with zero attached hydrogens (tertiary/aromatic N) is 3. The van der Waals surface area contributed by atoms with Gasteiger partial charge in [0.15, 0.2) is 0 Å². The Hall–Kier alpha value is -2.21. The summed E-state index contributed by atoms with van der Waals surface area (Å²) >= 11 is 0. The molecule has 0 amide bonds. The first kappa shape index (κ1) is 17.6. The van der Waals surface area contributed by atoms with Gasteiger partial charge in [-0.2, -0.15) is 4.98 Å². The zero-order valence-electron chi connectivity index (χ0n) is 14.9. The molecule has 2 heterocycles. The molecule has 1 aliphatic carbocycles. The molecule has 0 aromatic carbocycles. The number of hydrogen-bond acceptors (Lipinski definition) is 6. The van der Waals surface area contributed by atoms with Gasteiger partial charge in [-0.3, -0.25) is 4.98 Å². The molecule has 0 bridgehead atoms. The first-order valence-electron chi connectivity index (χ1n) is 9.30. The van der Waals surface area contributed by atoms with Crippen molar-refractivity contribution in [2.45, 2.75) is 57.5 Å². The third-order valence-corrected chi connectivity index (χ3v) is 4.66. The van der Waals surface area contributed by atoms with E-state index in [0.29, 0.717) is 18.0 Å². The van der Waals surface area contributed by atoms with Gasteiger partial charge in [-0.05, 0) is 44.2 Å². The van der Waals surface area contributed by atoms with Crippen LogP contribution >= 0.6 is 0 Å². The summed E-state index contributed by atoms with van der Waals surface area (Å²) in [5, 5.41) is 6.92. The third kappa shape index (κ3) is 4.89. The second kappa shape index (κ2) is 8.76. The first-order chi connectivity index (χ1) is 12.3. The summed E-state index contributed by atoms with van der Waals surface area (Å²) in [6.07, 6.45) is 10.2. The molecule has 3 rings (SSSR count). The fraction of sp³-hybridized carbons (Fsp3) is 0.526. The predicted molar refractivity (Wildman–Crippen MR) is 103 cm³/mol. The van der Waals surface area contributed by atoms with Gasteiger partial charge in [-0.25, -0.2) is 4.98 Å². The molecule has 4 N–H and O–H groups in total. The lowest BCUT2D eigenvalue weighted by atomic mass is 9.92. The minimum atomic E-state index is 0.338. The number of aromatic nitrogens is 3. The highest BCUT2D eigenvalue weighted by atomic mass is 15.1. The van der Waals surface area contributed by atoms with Crippen molar-refractivity contribution in [3.05, 3.63) is 30.6 Å². The molecule has 2 aromatic heterocycles. The maximum Gasteiger partial charge on any atom is 0.224 e. The Labute approximate surface area is 149 Å². The standard InChI is InChI=1S/C19H28N6/c1-2-3-11-22-19-23-13-16(17-6-4-5-12-21-17)18(25-19)24-15-9-7-14(20)8-10-15/h4-6,12-15H,2-3,7-11,20H2,1H3,(H2,22,23,24,25)/t14-,15-. The van der Waals surface area contributed by atoms with E-state index in [1.54, 1.807) is 6.20 Å². The van der Waals surface area contributed by atoms with E-state index in [9.17, 15) is 0 Å². The maximum atomic E-state index is 6.03. The average molecular weight is 340 g/mol. The molecule has 6 nitrogen and oxygen atoms in total. The summed E-state index contributed by atoms with van der Waals surface area (Å²) in [7, 11) is 0. The van der Waals surface area contributed by atoms with Gasteiger partial charge >= 0.3 is 0 Å². The van der Waals surface area contributed by atoms with E-state index >= 15 is 0 Å². The third-order valence-electron chi connectivity index (χ3n) is 4.66. The Balaban J connectivity index is 1.81. The molecule has 0 aliphatic heterocycles. The molecule has 0 radical (unpaired) electrons. The molecule has 0 saturated heterocycles. The van der Waals surface area contributed by atoms with Crippen molar-refractivity contribution in [2.75, 3.05) is 17.2 Å². The highest BCUT2D eigenvalue weighted by Gasteiger charge is 2.20. The van der Waals surface area contributed by atoms with E-state index in [1.165, 1.54) is 0 Å². The number of pyridine rings is 1.